The molecule has 9 nitrogen and oxygen atoms in total. The summed E-state index contributed by atoms with van der Waals surface area (Å²) >= 11 is 0. The molecule has 0 aliphatic heterocycles. The Morgan fingerprint density at radius 2 is 1.74 bits per heavy atom. The number of aromatic nitrogens is 4. The molecule has 0 unspecified atom stereocenters. The maximum Gasteiger partial charge on any atom is 0.332 e. The highest BCUT2D eigenvalue weighted by atomic mass is 16.5. The monoisotopic (exact) mass is 428 g/mol. The maximum absolute atomic E-state index is 12.8. The first-order valence-electron chi connectivity index (χ1n) is 10.1. The van der Waals surface area contributed by atoms with Crippen molar-refractivity contribution in [3.8, 4) is 11.5 Å². The van der Waals surface area contributed by atoms with E-state index in [0.29, 0.717) is 54.8 Å². The predicted octanol–water partition coefficient (Wildman–Crippen LogP) is 2.14. The number of benzene rings is 1. The summed E-state index contributed by atoms with van der Waals surface area (Å²) in [6.07, 6.45) is 3.68. The SMILES string of the molecule is CCn1c(=O)c2c(nc(/C=C/c3ccc(OCCOC)c(OC)c3)n2C)n(CC)c1=O. The second kappa shape index (κ2) is 9.65. The molecule has 0 aliphatic carbocycles. The van der Waals surface area contributed by atoms with Crippen molar-refractivity contribution in [1.29, 1.82) is 0 Å². The van der Waals surface area contributed by atoms with E-state index in [1.165, 1.54) is 9.13 Å². The minimum atomic E-state index is -0.343. The van der Waals surface area contributed by atoms with Gasteiger partial charge in [0.1, 0.15) is 12.4 Å². The summed E-state index contributed by atoms with van der Waals surface area (Å²) < 4.78 is 20.5. The molecule has 9 heteroatoms. The molecular weight excluding hydrogens is 400 g/mol. The van der Waals surface area contributed by atoms with Crippen LogP contribution in [0.4, 0.5) is 0 Å². The Kier molecular flexibility index (Phi) is 6.96. The lowest BCUT2D eigenvalue weighted by atomic mass is 10.2. The van der Waals surface area contributed by atoms with Gasteiger partial charge in [-0.15, -0.1) is 0 Å². The van der Waals surface area contributed by atoms with E-state index < -0.39 is 0 Å². The highest BCUT2D eigenvalue weighted by molar-refractivity contribution is 5.77. The second-order valence-corrected chi connectivity index (χ2v) is 6.86. The Bertz CT molecular complexity index is 1220. The van der Waals surface area contributed by atoms with Crippen LogP contribution in [0.2, 0.25) is 0 Å². The minimum absolute atomic E-state index is 0.308. The smallest absolute Gasteiger partial charge is 0.332 e. The molecular formula is C22H28N4O5. The number of rotatable bonds is 9. The molecule has 1 aromatic carbocycles. The molecule has 0 saturated heterocycles. The van der Waals surface area contributed by atoms with Gasteiger partial charge < -0.3 is 18.8 Å². The quantitative estimate of drug-likeness (QED) is 0.485. The van der Waals surface area contributed by atoms with Gasteiger partial charge in [0.25, 0.3) is 5.56 Å². The number of fused-ring (bicyclic) bond motifs is 1. The van der Waals surface area contributed by atoms with E-state index in [2.05, 4.69) is 4.98 Å². The van der Waals surface area contributed by atoms with Gasteiger partial charge in [-0.2, -0.15) is 0 Å². The van der Waals surface area contributed by atoms with Crippen molar-refractivity contribution < 1.29 is 14.2 Å². The molecule has 0 spiro atoms. The molecule has 0 aliphatic rings. The lowest BCUT2D eigenvalue weighted by molar-refractivity contribution is 0.144. The zero-order valence-electron chi connectivity index (χ0n) is 18.5. The van der Waals surface area contributed by atoms with Gasteiger partial charge in [0.05, 0.1) is 13.7 Å². The second-order valence-electron chi connectivity index (χ2n) is 6.86. The number of hydrogen-bond donors (Lipinski definition) is 0. The Hall–Kier alpha value is -3.33. The fourth-order valence-corrected chi connectivity index (χ4v) is 3.41. The molecule has 0 atom stereocenters. The molecule has 166 valence electrons. The fraction of sp³-hybridized carbons (Fsp3) is 0.409. The molecule has 0 N–H and O–H groups in total. The predicted molar refractivity (Wildman–Crippen MR) is 120 cm³/mol. The molecule has 0 amide bonds. The van der Waals surface area contributed by atoms with E-state index in [-0.39, 0.29) is 11.2 Å². The number of imidazole rings is 1. The van der Waals surface area contributed by atoms with E-state index in [9.17, 15) is 9.59 Å². The third kappa shape index (κ3) is 4.27. The van der Waals surface area contributed by atoms with Crippen LogP contribution in [0.15, 0.2) is 27.8 Å². The Balaban J connectivity index is 2.00. The van der Waals surface area contributed by atoms with E-state index in [1.54, 1.807) is 38.8 Å². The highest BCUT2D eigenvalue weighted by Crippen LogP contribution is 2.28. The van der Waals surface area contributed by atoms with Crippen molar-refractivity contribution in [1.82, 2.24) is 18.7 Å². The minimum Gasteiger partial charge on any atom is -0.493 e. The maximum atomic E-state index is 12.8. The van der Waals surface area contributed by atoms with Crippen LogP contribution in [0.5, 0.6) is 11.5 Å². The van der Waals surface area contributed by atoms with Crippen LogP contribution in [0, 0.1) is 0 Å². The van der Waals surface area contributed by atoms with Gasteiger partial charge in [0, 0.05) is 27.2 Å². The van der Waals surface area contributed by atoms with Crippen LogP contribution in [0.25, 0.3) is 23.3 Å². The molecule has 0 radical (unpaired) electrons. The van der Waals surface area contributed by atoms with Crippen molar-refractivity contribution in [2.24, 2.45) is 7.05 Å². The third-order valence-electron chi connectivity index (χ3n) is 5.07. The van der Waals surface area contributed by atoms with Gasteiger partial charge >= 0.3 is 5.69 Å². The average molecular weight is 428 g/mol. The van der Waals surface area contributed by atoms with E-state index in [1.807, 2.05) is 31.2 Å². The summed E-state index contributed by atoms with van der Waals surface area (Å²) in [7, 11) is 4.97. The topological polar surface area (TPSA) is 89.5 Å². The normalized spacial score (nSPS) is 11.5. The zero-order valence-corrected chi connectivity index (χ0v) is 18.5. The van der Waals surface area contributed by atoms with Gasteiger partial charge in [0.15, 0.2) is 22.7 Å². The van der Waals surface area contributed by atoms with Crippen LogP contribution >= 0.6 is 0 Å². The first-order chi connectivity index (χ1) is 15.0. The standard InChI is InChI=1S/C22H28N4O5/c1-6-25-20-19(21(27)26(7-2)22(25)28)24(3)18(23-20)11-9-15-8-10-16(17(14-15)30-5)31-13-12-29-4/h8-11,14H,6-7,12-13H2,1-5H3/b11-9+. The summed E-state index contributed by atoms with van der Waals surface area (Å²) in [5.74, 6) is 1.81. The van der Waals surface area contributed by atoms with E-state index >= 15 is 0 Å². The number of nitrogens with zero attached hydrogens (tertiary/aromatic N) is 4. The van der Waals surface area contributed by atoms with Crippen molar-refractivity contribution in [3.05, 3.63) is 50.4 Å². The average Bonchev–Trinajstić information content (AvgIpc) is 3.09. The lowest BCUT2D eigenvalue weighted by Gasteiger charge is -2.10. The summed E-state index contributed by atoms with van der Waals surface area (Å²) in [6, 6.07) is 5.58. The van der Waals surface area contributed by atoms with Gasteiger partial charge in [-0.05, 0) is 37.6 Å². The van der Waals surface area contributed by atoms with Gasteiger partial charge in [0.2, 0.25) is 0 Å². The Labute approximate surface area is 180 Å². The molecule has 3 aromatic rings. The van der Waals surface area contributed by atoms with Crippen molar-refractivity contribution in [2.45, 2.75) is 26.9 Å². The summed E-state index contributed by atoms with van der Waals surface area (Å²) in [5, 5.41) is 0. The largest absolute Gasteiger partial charge is 0.493 e. The van der Waals surface area contributed by atoms with Crippen LogP contribution in [-0.4, -0.2) is 46.1 Å². The fourth-order valence-electron chi connectivity index (χ4n) is 3.41. The highest BCUT2D eigenvalue weighted by Gasteiger charge is 2.17. The number of methoxy groups -OCH3 is 2. The van der Waals surface area contributed by atoms with Crippen LogP contribution < -0.4 is 20.7 Å². The molecule has 2 aromatic heterocycles. The molecule has 0 saturated carbocycles. The van der Waals surface area contributed by atoms with E-state index in [4.69, 9.17) is 14.2 Å². The molecule has 3 rings (SSSR count). The number of aryl methyl sites for hydroxylation is 2. The summed E-state index contributed by atoms with van der Waals surface area (Å²) in [5.41, 5.74) is 0.999. The number of hydrogen-bond acceptors (Lipinski definition) is 6. The van der Waals surface area contributed by atoms with Gasteiger partial charge in [-0.25, -0.2) is 9.78 Å². The molecule has 31 heavy (non-hydrogen) atoms. The van der Waals surface area contributed by atoms with Crippen LogP contribution in [-0.2, 0) is 24.9 Å². The van der Waals surface area contributed by atoms with Gasteiger partial charge in [-0.3, -0.25) is 13.9 Å². The van der Waals surface area contributed by atoms with Crippen LogP contribution in [0.1, 0.15) is 25.2 Å². The number of ether oxygens (including phenoxy) is 3. The molecule has 0 fully saturated rings. The van der Waals surface area contributed by atoms with Gasteiger partial charge in [-0.1, -0.05) is 12.1 Å². The zero-order chi connectivity index (χ0) is 22.5. The first kappa shape index (κ1) is 22.4. The Morgan fingerprint density at radius 1 is 1.00 bits per heavy atom. The van der Waals surface area contributed by atoms with Crippen molar-refractivity contribution >= 4 is 23.3 Å². The lowest BCUT2D eigenvalue weighted by Crippen LogP contribution is -2.39. The third-order valence-corrected chi connectivity index (χ3v) is 5.07. The van der Waals surface area contributed by atoms with Crippen molar-refractivity contribution in [3.63, 3.8) is 0 Å². The van der Waals surface area contributed by atoms with E-state index in [0.717, 1.165) is 5.56 Å². The summed E-state index contributed by atoms with van der Waals surface area (Å²) in [4.78, 5) is 30.0. The van der Waals surface area contributed by atoms with Crippen LogP contribution in [0.3, 0.4) is 0 Å². The molecule has 0 bridgehead atoms. The molecule has 2 heterocycles. The summed E-state index contributed by atoms with van der Waals surface area (Å²) in [6.45, 7) is 5.29. The Morgan fingerprint density at radius 3 is 2.39 bits per heavy atom. The first-order valence-corrected chi connectivity index (χ1v) is 10.1. The van der Waals surface area contributed by atoms with Crippen molar-refractivity contribution in [2.75, 3.05) is 27.4 Å².